The first-order valence-corrected chi connectivity index (χ1v) is 14.4. The zero-order valence-electron chi connectivity index (χ0n) is 19.3. The average Bonchev–Trinajstić information content (AvgIpc) is 2.72. The SMILES string of the molecule is Cc1ccccc1P(C)CC[P@@](C)c1ccccc1C.[B][B]B([B])B(B([B])[B])B([B])[B]. The summed E-state index contributed by atoms with van der Waals surface area (Å²) in [5, 5.41) is 3.16. The van der Waals surface area contributed by atoms with E-state index in [-0.39, 0.29) is 22.2 Å². The van der Waals surface area contributed by atoms with Crippen molar-refractivity contribution in [1.82, 2.24) is 0 Å². The maximum atomic E-state index is 5.52. The highest BCUT2D eigenvalue weighted by Crippen LogP contribution is 2.38. The molecule has 0 aliphatic rings. The van der Waals surface area contributed by atoms with Crippen LogP contribution in [-0.4, -0.2) is 105 Å². The number of aryl methyl sites for hydroxylation is 2. The Morgan fingerprint density at radius 3 is 1.32 bits per heavy atom. The maximum Gasteiger partial charge on any atom is 0 e. The van der Waals surface area contributed by atoms with Gasteiger partial charge in [-0.1, -0.05) is 64.4 Å². The van der Waals surface area contributed by atoms with Crippen molar-refractivity contribution < 1.29 is 0 Å². The first-order valence-electron chi connectivity index (χ1n) is 10.5. The van der Waals surface area contributed by atoms with Crippen molar-refractivity contribution in [2.24, 2.45) is 0 Å². The van der Waals surface area contributed by atoms with Gasteiger partial charge in [-0.05, 0) is 61.2 Å². The van der Waals surface area contributed by atoms with Gasteiger partial charge in [-0.25, -0.2) is 0 Å². The molecule has 139 valence electrons. The van der Waals surface area contributed by atoms with Crippen molar-refractivity contribution in [2.75, 3.05) is 25.7 Å². The molecule has 0 nitrogen and oxygen atoms in total. The van der Waals surface area contributed by atoms with Gasteiger partial charge in [0.15, 0.2) is 0 Å². The van der Waals surface area contributed by atoms with Crippen molar-refractivity contribution >= 4 is 105 Å². The normalized spacial score (nSPS) is 12.0. The van der Waals surface area contributed by atoms with Gasteiger partial charge in [-0.2, -0.15) is 0 Å². The number of benzene rings is 2. The third-order valence-corrected chi connectivity index (χ3v) is 10.2. The molecule has 0 amide bonds. The monoisotopic (exact) mass is 423 g/mol. The van der Waals surface area contributed by atoms with Crippen LogP contribution in [-0.2, 0) is 0 Å². The highest BCUT2D eigenvalue weighted by atomic mass is 31.1. The summed E-state index contributed by atoms with van der Waals surface area (Å²) in [4.78, 5) is 0. The Kier molecular flexibility index (Phi) is 14.1. The Balaban J connectivity index is 0.000000373. The van der Waals surface area contributed by atoms with Gasteiger partial charge in [0, 0.05) is 79.0 Å². The van der Waals surface area contributed by atoms with Crippen LogP contribution in [0.25, 0.3) is 0 Å². The summed E-state index contributed by atoms with van der Waals surface area (Å²) in [5.41, 5.74) is 2.91. The Bertz CT molecular complexity index is 718. The minimum absolute atomic E-state index is 0.0128. The zero-order valence-corrected chi connectivity index (χ0v) is 21.1. The van der Waals surface area contributed by atoms with Crippen molar-refractivity contribution in [3.8, 4) is 0 Å². The summed E-state index contributed by atoms with van der Waals surface area (Å²) >= 11 is 0. The molecular weight excluding hydrogens is 397 g/mol. The second kappa shape index (κ2) is 15.0. The lowest BCUT2D eigenvalue weighted by molar-refractivity contribution is 1.46. The fourth-order valence-electron chi connectivity index (χ4n) is 3.42. The summed E-state index contributed by atoms with van der Waals surface area (Å²) in [5.74, 6) is 0. The molecule has 2 atom stereocenters. The van der Waals surface area contributed by atoms with Crippen molar-refractivity contribution in [2.45, 2.75) is 13.8 Å². The molecule has 0 bridgehead atoms. The highest BCUT2D eigenvalue weighted by molar-refractivity contribution is 8.02. The van der Waals surface area contributed by atoms with Gasteiger partial charge < -0.3 is 0 Å². The molecule has 2 rings (SSSR count). The van der Waals surface area contributed by atoms with Crippen molar-refractivity contribution in [1.29, 1.82) is 0 Å². The molecule has 0 saturated carbocycles. The maximum absolute atomic E-state index is 5.52. The van der Waals surface area contributed by atoms with Crippen LogP contribution in [0, 0.1) is 13.8 Å². The molecule has 0 aliphatic heterocycles. The molecule has 2 aromatic carbocycles. The van der Waals surface area contributed by atoms with Crippen molar-refractivity contribution in [3.63, 3.8) is 0 Å². The van der Waals surface area contributed by atoms with E-state index in [1.54, 1.807) is 10.6 Å². The van der Waals surface area contributed by atoms with Crippen molar-refractivity contribution in [3.05, 3.63) is 59.7 Å². The Morgan fingerprint density at radius 1 is 0.710 bits per heavy atom. The fourth-order valence-corrected chi connectivity index (χ4v) is 8.34. The Labute approximate surface area is 204 Å². The molecule has 1 unspecified atom stereocenters. The second-order valence-corrected chi connectivity index (χ2v) is 12.6. The molecule has 13 heteroatoms. The topological polar surface area (TPSA) is 0 Å². The minimum atomic E-state index is -0.648. The molecule has 0 saturated heterocycles. The van der Waals surface area contributed by atoms with Crippen LogP contribution >= 0.6 is 15.8 Å². The second-order valence-electron chi connectivity index (χ2n) is 7.92. The van der Waals surface area contributed by atoms with Gasteiger partial charge in [0.1, 0.15) is 0 Å². The van der Waals surface area contributed by atoms with E-state index in [1.165, 1.54) is 30.5 Å². The van der Waals surface area contributed by atoms with Gasteiger partial charge >= 0.3 is 0 Å². The molecule has 0 spiro atoms. The lowest BCUT2D eigenvalue weighted by Gasteiger charge is -2.25. The van der Waals surface area contributed by atoms with Gasteiger partial charge in [0.25, 0.3) is 0 Å². The number of hydrogen-bond acceptors (Lipinski definition) is 0. The molecule has 0 aromatic heterocycles. The lowest BCUT2D eigenvalue weighted by atomic mass is 8.56. The third kappa shape index (κ3) is 9.80. The quantitative estimate of drug-likeness (QED) is 0.404. The summed E-state index contributed by atoms with van der Waals surface area (Å²) in [6.45, 7) is 9.34. The molecular formula is C18H24B11P2. The molecule has 31 heavy (non-hydrogen) atoms. The average molecular weight is 421 g/mol. The molecule has 0 fully saturated rings. The molecule has 0 N–H and O–H groups in total. The van der Waals surface area contributed by atoms with Crippen LogP contribution in [0.2, 0.25) is 0 Å². The molecule has 0 heterocycles. The van der Waals surface area contributed by atoms with Gasteiger partial charge in [0.2, 0.25) is 0 Å². The van der Waals surface area contributed by atoms with E-state index >= 15 is 0 Å². The predicted molar refractivity (Wildman–Crippen MR) is 160 cm³/mol. The standard InChI is InChI=1S/C18H24P2.B11/c1-15-9-5-7-11-17(15)19(3)13-14-20(4)18-12-8-6-10-16(18)2;1-7-10(6)11(8(2)3)9(4)5/h5-12H,13-14H2,1-4H3;/t19-,20?;/m1./s1. The van der Waals surface area contributed by atoms with Crippen LogP contribution in [0.3, 0.4) is 0 Å². The van der Waals surface area contributed by atoms with Gasteiger partial charge in [-0.3, -0.25) is 0 Å². The van der Waals surface area contributed by atoms with E-state index in [4.69, 9.17) is 46.4 Å². The highest BCUT2D eigenvalue weighted by Gasteiger charge is 2.26. The smallest absolute Gasteiger partial charge is 0 e. The predicted octanol–water partition coefficient (Wildman–Crippen LogP) is 0.289. The first kappa shape index (κ1) is 29.0. The third-order valence-electron chi connectivity index (χ3n) is 5.38. The number of hydrogen-bond donors (Lipinski definition) is 0. The van der Waals surface area contributed by atoms with E-state index < -0.39 is 19.2 Å². The Hall–Kier alpha value is 0.0143. The van der Waals surface area contributed by atoms with E-state index in [2.05, 4.69) is 75.7 Å². The van der Waals surface area contributed by atoms with E-state index in [0.717, 1.165) is 0 Å². The fraction of sp³-hybridized carbons (Fsp3) is 0.333. The summed E-state index contributed by atoms with van der Waals surface area (Å²) < 4.78 is 0. The molecule has 2 aromatic rings. The molecule has 13 radical (unpaired) electrons. The summed E-state index contributed by atoms with van der Waals surface area (Å²) in [6, 6.07) is 17.7. The van der Waals surface area contributed by atoms with Crippen LogP contribution < -0.4 is 10.6 Å². The zero-order chi connectivity index (χ0) is 23.6. The van der Waals surface area contributed by atoms with E-state index in [9.17, 15) is 0 Å². The van der Waals surface area contributed by atoms with E-state index in [1.807, 2.05) is 0 Å². The summed E-state index contributed by atoms with van der Waals surface area (Å²) in [6.07, 6.45) is 0.539. The van der Waals surface area contributed by atoms with Gasteiger partial charge in [0.05, 0.1) is 0 Å². The summed E-state index contributed by atoms with van der Waals surface area (Å²) in [7, 11) is 33.5. The van der Waals surface area contributed by atoms with Crippen LogP contribution in [0.4, 0.5) is 0 Å². The first-order chi connectivity index (χ1) is 14.6. The van der Waals surface area contributed by atoms with Gasteiger partial charge in [-0.15, -0.1) is 0 Å². The lowest BCUT2D eigenvalue weighted by Crippen LogP contribution is -2.63. The van der Waals surface area contributed by atoms with Crippen LogP contribution in [0.5, 0.6) is 0 Å². The number of rotatable bonds is 9. The minimum Gasteiger partial charge on any atom is -0.0779 e. The largest absolute Gasteiger partial charge is 0.0779 e. The molecule has 0 aliphatic carbocycles. The Morgan fingerprint density at radius 2 is 1.06 bits per heavy atom. The van der Waals surface area contributed by atoms with Crippen LogP contribution in [0.15, 0.2) is 48.5 Å². The van der Waals surface area contributed by atoms with Crippen LogP contribution in [0.1, 0.15) is 11.1 Å². The van der Waals surface area contributed by atoms with E-state index in [0.29, 0.717) is 0 Å².